The Bertz CT molecular complexity index is 1120. The summed E-state index contributed by atoms with van der Waals surface area (Å²) in [6.45, 7) is 0.197. The predicted molar refractivity (Wildman–Crippen MR) is 94.9 cm³/mol. The summed E-state index contributed by atoms with van der Waals surface area (Å²) in [5.41, 5.74) is 2.35. The lowest BCUT2D eigenvalue weighted by Crippen LogP contribution is -2.22. The third-order valence-electron chi connectivity index (χ3n) is 4.62. The smallest absolute Gasteiger partial charge is 0.387 e. The van der Waals surface area contributed by atoms with Crippen molar-refractivity contribution in [2.24, 2.45) is 0 Å². The van der Waals surface area contributed by atoms with E-state index in [1.807, 2.05) is 0 Å². The first-order valence-electron chi connectivity index (χ1n) is 8.42. The second kappa shape index (κ2) is 6.61. The van der Waals surface area contributed by atoms with Gasteiger partial charge in [-0.25, -0.2) is 8.42 Å². The summed E-state index contributed by atoms with van der Waals surface area (Å²) in [7, 11) is -3.90. The highest BCUT2D eigenvalue weighted by Crippen LogP contribution is 2.34. The number of benzene rings is 2. The number of ether oxygens (including phenoxy) is 1. The third-order valence-corrected chi connectivity index (χ3v) is 6.35. The number of rotatable bonds is 4. The SMILES string of the molecule is Cc1cc(S(=O)(=O)c2cccc(OC(F)F)c2)cc2c3c(oc12)CCNC3. The van der Waals surface area contributed by atoms with Crippen LogP contribution in [0.2, 0.25) is 0 Å². The minimum atomic E-state index is -3.90. The first-order chi connectivity index (χ1) is 12.9. The predicted octanol–water partition coefficient (Wildman–Crippen LogP) is 3.82. The summed E-state index contributed by atoms with van der Waals surface area (Å²) in [5, 5.41) is 4.02. The van der Waals surface area contributed by atoms with Crippen molar-refractivity contribution in [3.05, 3.63) is 53.3 Å². The van der Waals surface area contributed by atoms with Crippen LogP contribution >= 0.6 is 0 Å². The first-order valence-corrected chi connectivity index (χ1v) is 9.90. The van der Waals surface area contributed by atoms with Crippen LogP contribution in [0.25, 0.3) is 11.0 Å². The summed E-state index contributed by atoms with van der Waals surface area (Å²) < 4.78 is 61.2. The van der Waals surface area contributed by atoms with Crippen LogP contribution in [0, 0.1) is 6.92 Å². The molecule has 1 N–H and O–H groups in total. The number of nitrogens with one attached hydrogen (secondary N) is 1. The monoisotopic (exact) mass is 393 g/mol. The molecule has 0 aliphatic carbocycles. The lowest BCUT2D eigenvalue weighted by atomic mass is 10.0. The molecule has 0 spiro atoms. The van der Waals surface area contributed by atoms with E-state index in [1.54, 1.807) is 19.1 Å². The van der Waals surface area contributed by atoms with Crippen molar-refractivity contribution in [2.75, 3.05) is 6.54 Å². The summed E-state index contributed by atoms with van der Waals surface area (Å²) in [5.74, 6) is 0.669. The number of fused-ring (bicyclic) bond motifs is 3. The molecule has 5 nitrogen and oxygen atoms in total. The molecule has 4 rings (SSSR count). The molecule has 8 heteroatoms. The summed E-state index contributed by atoms with van der Waals surface area (Å²) in [4.78, 5) is -0.00856. The highest BCUT2D eigenvalue weighted by Gasteiger charge is 2.24. The quantitative estimate of drug-likeness (QED) is 0.730. The van der Waals surface area contributed by atoms with Crippen LogP contribution in [-0.2, 0) is 22.8 Å². The first kappa shape index (κ1) is 17.9. The molecule has 1 aromatic heterocycles. The molecule has 1 aliphatic rings. The zero-order valence-corrected chi connectivity index (χ0v) is 15.3. The van der Waals surface area contributed by atoms with E-state index in [4.69, 9.17) is 4.42 Å². The molecular formula is C19H17F2NO4S. The fourth-order valence-electron chi connectivity index (χ4n) is 3.36. The van der Waals surface area contributed by atoms with Crippen molar-refractivity contribution in [1.82, 2.24) is 5.32 Å². The van der Waals surface area contributed by atoms with E-state index in [2.05, 4.69) is 10.1 Å². The van der Waals surface area contributed by atoms with E-state index in [0.717, 1.165) is 35.7 Å². The normalized spacial score (nSPS) is 14.5. The van der Waals surface area contributed by atoms with Crippen molar-refractivity contribution in [3.63, 3.8) is 0 Å². The van der Waals surface area contributed by atoms with Gasteiger partial charge in [0.1, 0.15) is 17.1 Å². The van der Waals surface area contributed by atoms with Crippen LogP contribution in [0.4, 0.5) is 8.78 Å². The van der Waals surface area contributed by atoms with Crippen molar-refractivity contribution in [1.29, 1.82) is 0 Å². The standard InChI is InChI=1S/C19H17F2NO4S/c1-11-7-14(9-15-16-10-22-6-5-17(16)26-18(11)15)27(23,24)13-4-2-3-12(8-13)25-19(20)21/h2-4,7-9,19,22H,5-6,10H2,1H3. The van der Waals surface area contributed by atoms with Gasteiger partial charge in [0.05, 0.1) is 9.79 Å². The molecule has 0 saturated carbocycles. The van der Waals surface area contributed by atoms with Crippen LogP contribution in [0.1, 0.15) is 16.9 Å². The molecule has 0 fully saturated rings. The molecule has 3 aromatic rings. The maximum atomic E-state index is 13.1. The Kier molecular flexibility index (Phi) is 4.39. The summed E-state index contributed by atoms with van der Waals surface area (Å²) >= 11 is 0. The lowest BCUT2D eigenvalue weighted by molar-refractivity contribution is -0.0499. The van der Waals surface area contributed by atoms with Crippen molar-refractivity contribution in [3.8, 4) is 5.75 Å². The van der Waals surface area contributed by atoms with Gasteiger partial charge < -0.3 is 14.5 Å². The van der Waals surface area contributed by atoms with Gasteiger partial charge >= 0.3 is 6.61 Å². The zero-order valence-electron chi connectivity index (χ0n) is 14.5. The van der Waals surface area contributed by atoms with Gasteiger partial charge in [0.25, 0.3) is 0 Å². The minimum absolute atomic E-state index is 0.0934. The van der Waals surface area contributed by atoms with Gasteiger partial charge in [-0.3, -0.25) is 0 Å². The zero-order chi connectivity index (χ0) is 19.2. The van der Waals surface area contributed by atoms with Crippen molar-refractivity contribution in [2.45, 2.75) is 36.3 Å². The van der Waals surface area contributed by atoms with Crippen LogP contribution in [0.3, 0.4) is 0 Å². The van der Waals surface area contributed by atoms with E-state index >= 15 is 0 Å². The van der Waals surface area contributed by atoms with E-state index in [-0.39, 0.29) is 15.5 Å². The van der Waals surface area contributed by atoms with Gasteiger partial charge in [0.15, 0.2) is 0 Å². The summed E-state index contributed by atoms with van der Waals surface area (Å²) in [6.07, 6.45) is 0.749. The molecule has 0 saturated heterocycles. The Morgan fingerprint density at radius 2 is 2.00 bits per heavy atom. The molecule has 0 radical (unpaired) electrons. The number of sulfone groups is 1. The lowest BCUT2D eigenvalue weighted by Gasteiger charge is -2.11. The van der Waals surface area contributed by atoms with Crippen LogP contribution in [0.5, 0.6) is 5.75 Å². The van der Waals surface area contributed by atoms with Gasteiger partial charge in [-0.2, -0.15) is 8.78 Å². The minimum Gasteiger partial charge on any atom is -0.460 e. The highest BCUT2D eigenvalue weighted by atomic mass is 32.2. The molecule has 1 aliphatic heterocycles. The molecule has 0 unspecified atom stereocenters. The van der Waals surface area contributed by atoms with Gasteiger partial charge in [-0.1, -0.05) is 6.07 Å². The van der Waals surface area contributed by atoms with Crippen molar-refractivity contribution < 1.29 is 26.4 Å². The van der Waals surface area contributed by atoms with Crippen LogP contribution < -0.4 is 10.1 Å². The topological polar surface area (TPSA) is 68.5 Å². The Hall–Kier alpha value is -2.45. The number of hydrogen-bond donors (Lipinski definition) is 1. The number of aryl methyl sites for hydroxylation is 1. The van der Waals surface area contributed by atoms with E-state index in [9.17, 15) is 17.2 Å². The van der Waals surface area contributed by atoms with Crippen LogP contribution in [-0.4, -0.2) is 21.6 Å². The van der Waals surface area contributed by atoms with E-state index in [0.29, 0.717) is 17.7 Å². The molecule has 0 amide bonds. The Balaban J connectivity index is 1.83. The van der Waals surface area contributed by atoms with Crippen LogP contribution in [0.15, 0.2) is 50.6 Å². The van der Waals surface area contributed by atoms with Gasteiger partial charge in [0.2, 0.25) is 9.84 Å². The van der Waals surface area contributed by atoms with Crippen molar-refractivity contribution >= 4 is 20.8 Å². The number of furan rings is 1. The maximum Gasteiger partial charge on any atom is 0.387 e. The average molecular weight is 393 g/mol. The fourth-order valence-corrected chi connectivity index (χ4v) is 4.76. The number of hydrogen-bond acceptors (Lipinski definition) is 5. The number of alkyl halides is 2. The largest absolute Gasteiger partial charge is 0.460 e. The molecule has 2 aromatic carbocycles. The highest BCUT2D eigenvalue weighted by molar-refractivity contribution is 7.91. The third kappa shape index (κ3) is 3.19. The molecule has 0 atom stereocenters. The Morgan fingerprint density at radius 1 is 1.19 bits per heavy atom. The van der Waals surface area contributed by atoms with Gasteiger partial charge in [-0.05, 0) is 42.8 Å². The van der Waals surface area contributed by atoms with Gasteiger partial charge in [0, 0.05) is 30.5 Å². The molecule has 142 valence electrons. The Morgan fingerprint density at radius 3 is 2.78 bits per heavy atom. The maximum absolute atomic E-state index is 13.1. The van der Waals surface area contributed by atoms with Gasteiger partial charge in [-0.15, -0.1) is 0 Å². The molecule has 27 heavy (non-hydrogen) atoms. The van der Waals surface area contributed by atoms with E-state index in [1.165, 1.54) is 18.2 Å². The summed E-state index contributed by atoms with van der Waals surface area (Å²) in [6, 6.07) is 8.26. The van der Waals surface area contributed by atoms with E-state index < -0.39 is 16.4 Å². The average Bonchev–Trinajstić information content (AvgIpc) is 3.01. The number of halogens is 2. The fraction of sp³-hybridized carbons (Fsp3) is 0.263. The second-order valence-electron chi connectivity index (χ2n) is 6.40. The second-order valence-corrected chi connectivity index (χ2v) is 8.35. The molecule has 2 heterocycles. The molecule has 0 bridgehead atoms. The Labute approximate surface area is 154 Å². The molecular weight excluding hydrogens is 376 g/mol.